The summed E-state index contributed by atoms with van der Waals surface area (Å²) in [5, 5.41) is 5.55. The Balaban J connectivity index is 2.46. The van der Waals surface area contributed by atoms with E-state index in [0.717, 1.165) is 0 Å². The molecule has 0 saturated heterocycles. The average Bonchev–Trinajstić information content (AvgIpc) is 2.65. The number of para-hydroxylation sites is 1. The minimum Gasteiger partial charge on any atom is -0.295 e. The zero-order valence-electron chi connectivity index (χ0n) is 10.6. The average molecular weight is 242 g/mol. The van der Waals surface area contributed by atoms with Crippen molar-refractivity contribution < 1.29 is 9.59 Å². The van der Waals surface area contributed by atoms with Crippen molar-refractivity contribution in [2.75, 3.05) is 5.01 Å². The molecule has 0 radical (unpaired) electrons. The van der Waals surface area contributed by atoms with E-state index in [1.807, 2.05) is 18.2 Å². The fourth-order valence-corrected chi connectivity index (χ4v) is 1.86. The summed E-state index contributed by atoms with van der Waals surface area (Å²) in [7, 11) is 0. The molecule has 0 N–H and O–H groups in total. The molecule has 4 nitrogen and oxygen atoms in total. The van der Waals surface area contributed by atoms with E-state index in [1.54, 1.807) is 26.0 Å². The van der Waals surface area contributed by atoms with Gasteiger partial charge in [-0.15, -0.1) is 0 Å². The number of carbonyl (C=O) groups excluding carboxylic acids is 2. The topological polar surface area (TPSA) is 49.7 Å². The molecule has 0 fully saturated rings. The number of hydrogen-bond donors (Lipinski definition) is 0. The van der Waals surface area contributed by atoms with Gasteiger partial charge in [-0.2, -0.15) is 10.1 Å². The van der Waals surface area contributed by atoms with Crippen molar-refractivity contribution in [3.63, 3.8) is 0 Å². The maximum atomic E-state index is 12.3. The first-order chi connectivity index (χ1) is 8.52. The van der Waals surface area contributed by atoms with Crippen LogP contribution in [0.5, 0.6) is 0 Å². The molecule has 92 valence electrons. The van der Waals surface area contributed by atoms with Gasteiger partial charge in [-0.05, 0) is 32.9 Å². The number of benzene rings is 1. The number of rotatable bonds is 2. The fraction of sp³-hybridized carbons (Fsp3) is 0.214. The van der Waals surface area contributed by atoms with Crippen LogP contribution in [0.3, 0.4) is 0 Å². The first kappa shape index (κ1) is 12.2. The van der Waals surface area contributed by atoms with Gasteiger partial charge in [0.05, 0.1) is 17.0 Å². The Labute approximate surface area is 106 Å². The SMILES string of the molecule is CC(=O)/C(C)=C1\C(=O)N(c2ccccc2)N=C1C. The zero-order chi connectivity index (χ0) is 13.3. The van der Waals surface area contributed by atoms with Gasteiger partial charge >= 0.3 is 0 Å². The molecule has 0 saturated carbocycles. The van der Waals surface area contributed by atoms with E-state index in [1.165, 1.54) is 11.9 Å². The van der Waals surface area contributed by atoms with Gasteiger partial charge in [0.15, 0.2) is 5.78 Å². The summed E-state index contributed by atoms with van der Waals surface area (Å²) < 4.78 is 0. The van der Waals surface area contributed by atoms with Gasteiger partial charge in [0, 0.05) is 5.57 Å². The summed E-state index contributed by atoms with van der Waals surface area (Å²) >= 11 is 0. The third-order valence-corrected chi connectivity index (χ3v) is 2.92. The van der Waals surface area contributed by atoms with Gasteiger partial charge in [0.2, 0.25) is 0 Å². The third kappa shape index (κ3) is 1.97. The van der Waals surface area contributed by atoms with Crippen LogP contribution in [0.1, 0.15) is 20.8 Å². The standard InChI is InChI=1S/C14H14N2O2/c1-9(11(3)17)13-10(2)15-16(14(13)18)12-7-5-4-6-8-12/h4-8H,1-3H3/b13-9-. The molecule has 0 aliphatic carbocycles. The monoisotopic (exact) mass is 242 g/mol. The van der Waals surface area contributed by atoms with Crippen molar-refractivity contribution in [3.8, 4) is 0 Å². The number of anilines is 1. The minimum absolute atomic E-state index is 0.109. The van der Waals surface area contributed by atoms with Crippen molar-refractivity contribution >= 4 is 23.1 Å². The molecule has 1 aromatic rings. The van der Waals surface area contributed by atoms with Gasteiger partial charge in [-0.3, -0.25) is 9.59 Å². The lowest BCUT2D eigenvalue weighted by Gasteiger charge is -2.11. The number of allylic oxidation sites excluding steroid dienone is 1. The van der Waals surface area contributed by atoms with Crippen molar-refractivity contribution in [1.82, 2.24) is 0 Å². The first-order valence-electron chi connectivity index (χ1n) is 5.69. The quantitative estimate of drug-likeness (QED) is 0.747. The number of Topliss-reactive ketones (excluding diaryl/α,β-unsaturated/α-hetero) is 1. The van der Waals surface area contributed by atoms with Crippen molar-refractivity contribution in [3.05, 3.63) is 41.5 Å². The summed E-state index contributed by atoms with van der Waals surface area (Å²) in [5.41, 5.74) is 2.15. The van der Waals surface area contributed by atoms with Crippen LogP contribution in [0.25, 0.3) is 0 Å². The first-order valence-corrected chi connectivity index (χ1v) is 5.69. The Morgan fingerprint density at radius 1 is 1.17 bits per heavy atom. The highest BCUT2D eigenvalue weighted by Crippen LogP contribution is 2.25. The lowest BCUT2D eigenvalue weighted by molar-refractivity contribution is -0.116. The Morgan fingerprint density at radius 2 is 1.78 bits per heavy atom. The van der Waals surface area contributed by atoms with E-state index in [4.69, 9.17) is 0 Å². The lowest BCUT2D eigenvalue weighted by Crippen LogP contribution is -2.22. The molecule has 0 spiro atoms. The van der Waals surface area contributed by atoms with E-state index in [2.05, 4.69) is 5.10 Å². The highest BCUT2D eigenvalue weighted by Gasteiger charge is 2.31. The van der Waals surface area contributed by atoms with Crippen LogP contribution >= 0.6 is 0 Å². The van der Waals surface area contributed by atoms with Gasteiger partial charge in [-0.25, -0.2) is 0 Å². The minimum atomic E-state index is -0.244. The molecule has 0 bridgehead atoms. The second-order valence-corrected chi connectivity index (χ2v) is 4.19. The Bertz CT molecular complexity index is 571. The van der Waals surface area contributed by atoms with Crippen LogP contribution in [-0.2, 0) is 9.59 Å². The van der Waals surface area contributed by atoms with E-state index in [0.29, 0.717) is 22.5 Å². The summed E-state index contributed by atoms with van der Waals surface area (Å²) in [6.07, 6.45) is 0. The van der Waals surface area contributed by atoms with Crippen LogP contribution in [-0.4, -0.2) is 17.4 Å². The Kier molecular flexibility index (Phi) is 3.10. The Hall–Kier alpha value is -2.23. The van der Waals surface area contributed by atoms with Crippen LogP contribution in [0.15, 0.2) is 46.6 Å². The number of hydrazone groups is 1. The van der Waals surface area contributed by atoms with Crippen molar-refractivity contribution in [2.45, 2.75) is 20.8 Å². The van der Waals surface area contributed by atoms with Gasteiger partial charge < -0.3 is 0 Å². The lowest BCUT2D eigenvalue weighted by atomic mass is 10.0. The highest BCUT2D eigenvalue weighted by atomic mass is 16.2. The van der Waals surface area contributed by atoms with Crippen molar-refractivity contribution in [1.29, 1.82) is 0 Å². The molecule has 1 aliphatic heterocycles. The normalized spacial score (nSPS) is 17.8. The number of hydrogen-bond acceptors (Lipinski definition) is 3. The molecule has 18 heavy (non-hydrogen) atoms. The molecule has 1 amide bonds. The molecular weight excluding hydrogens is 228 g/mol. The van der Waals surface area contributed by atoms with Gasteiger partial charge in [0.1, 0.15) is 0 Å². The summed E-state index contributed by atoms with van der Waals surface area (Å²) in [4.78, 5) is 23.6. The second-order valence-electron chi connectivity index (χ2n) is 4.19. The predicted octanol–water partition coefficient (Wildman–Crippen LogP) is 2.31. The molecule has 2 rings (SSSR count). The molecule has 1 aromatic carbocycles. The number of amides is 1. The Morgan fingerprint density at radius 3 is 2.33 bits per heavy atom. The van der Waals surface area contributed by atoms with Crippen LogP contribution in [0, 0.1) is 0 Å². The molecule has 1 heterocycles. The van der Waals surface area contributed by atoms with Crippen LogP contribution in [0.4, 0.5) is 5.69 Å². The molecule has 0 unspecified atom stereocenters. The van der Waals surface area contributed by atoms with E-state index >= 15 is 0 Å². The molecular formula is C14H14N2O2. The third-order valence-electron chi connectivity index (χ3n) is 2.92. The zero-order valence-corrected chi connectivity index (χ0v) is 10.6. The summed E-state index contributed by atoms with van der Waals surface area (Å²) in [6.45, 7) is 4.85. The highest BCUT2D eigenvalue weighted by molar-refractivity contribution is 6.32. The fourth-order valence-electron chi connectivity index (χ4n) is 1.86. The van der Waals surface area contributed by atoms with E-state index in [9.17, 15) is 9.59 Å². The number of carbonyl (C=O) groups is 2. The van der Waals surface area contributed by atoms with Crippen molar-refractivity contribution in [2.24, 2.45) is 5.10 Å². The molecule has 0 atom stereocenters. The van der Waals surface area contributed by atoms with Crippen LogP contribution < -0.4 is 5.01 Å². The maximum Gasteiger partial charge on any atom is 0.281 e. The smallest absolute Gasteiger partial charge is 0.281 e. The molecule has 1 aliphatic rings. The maximum absolute atomic E-state index is 12.3. The summed E-state index contributed by atoms with van der Waals surface area (Å²) in [6, 6.07) is 9.17. The second kappa shape index (κ2) is 4.56. The largest absolute Gasteiger partial charge is 0.295 e. The number of ketones is 1. The van der Waals surface area contributed by atoms with E-state index < -0.39 is 0 Å². The molecule has 4 heteroatoms. The number of nitrogens with zero attached hydrogens (tertiary/aromatic N) is 2. The van der Waals surface area contributed by atoms with E-state index in [-0.39, 0.29) is 11.7 Å². The van der Waals surface area contributed by atoms with Crippen LogP contribution in [0.2, 0.25) is 0 Å². The predicted molar refractivity (Wildman–Crippen MR) is 70.4 cm³/mol. The molecule has 0 aromatic heterocycles. The van der Waals surface area contributed by atoms with Gasteiger partial charge in [0.25, 0.3) is 5.91 Å². The van der Waals surface area contributed by atoms with Gasteiger partial charge in [-0.1, -0.05) is 18.2 Å². The summed E-state index contributed by atoms with van der Waals surface area (Å²) in [5.74, 6) is -0.353.